The van der Waals surface area contributed by atoms with Gasteiger partial charge in [-0.2, -0.15) is 4.31 Å². The van der Waals surface area contributed by atoms with Gasteiger partial charge in [-0.3, -0.25) is 4.79 Å². The molecule has 0 aliphatic heterocycles. The van der Waals surface area contributed by atoms with Gasteiger partial charge in [0.15, 0.2) is 0 Å². The van der Waals surface area contributed by atoms with Gasteiger partial charge in [-0.15, -0.1) is 0 Å². The van der Waals surface area contributed by atoms with E-state index < -0.39 is 22.1 Å². The zero-order chi connectivity index (χ0) is 30.4. The molecule has 3 aromatic rings. The number of aryl methyl sites for hydroxylation is 1. The van der Waals surface area contributed by atoms with E-state index in [-0.39, 0.29) is 35.4 Å². The molecule has 3 N–H and O–H groups in total. The van der Waals surface area contributed by atoms with Crippen molar-refractivity contribution in [2.24, 2.45) is 0 Å². The van der Waals surface area contributed by atoms with Crippen LogP contribution in [0, 0.1) is 0 Å². The molecule has 0 heterocycles. The molecule has 0 spiro atoms. The zero-order valence-electron chi connectivity index (χ0n) is 25.0. The number of nitrogens with zero attached hydrogens (tertiary/aromatic N) is 1. The summed E-state index contributed by atoms with van der Waals surface area (Å²) >= 11 is 0. The van der Waals surface area contributed by atoms with Crippen LogP contribution in [-0.4, -0.2) is 60.7 Å². The van der Waals surface area contributed by atoms with Crippen LogP contribution < -0.4 is 5.32 Å². The largest absolute Gasteiger partial charge is 0.481 e. The van der Waals surface area contributed by atoms with Gasteiger partial charge in [0.1, 0.15) is 0 Å². The SMILES string of the molecule is CN(CC(O)CNC(C)(C)Cc1ccc(C(C)(C)C)cc1)S(=O)(=O)c1cccc(-c2cccc(CCC(=O)O)c2)c1. The van der Waals surface area contributed by atoms with Gasteiger partial charge in [0.05, 0.1) is 11.0 Å². The lowest BCUT2D eigenvalue weighted by Gasteiger charge is -2.29. The van der Waals surface area contributed by atoms with Crippen LogP contribution in [0.25, 0.3) is 11.1 Å². The molecule has 41 heavy (non-hydrogen) atoms. The first-order valence-electron chi connectivity index (χ1n) is 14.0. The lowest BCUT2D eigenvalue weighted by atomic mass is 9.85. The van der Waals surface area contributed by atoms with Gasteiger partial charge in [-0.1, -0.05) is 81.4 Å². The number of benzene rings is 3. The van der Waals surface area contributed by atoms with Crippen LogP contribution in [0.5, 0.6) is 0 Å². The molecular weight excluding hydrogens is 536 g/mol. The van der Waals surface area contributed by atoms with E-state index in [1.54, 1.807) is 18.2 Å². The molecule has 0 fully saturated rings. The summed E-state index contributed by atoms with van der Waals surface area (Å²) in [5.74, 6) is -0.863. The molecular formula is C33H44N2O5S. The first-order valence-corrected chi connectivity index (χ1v) is 15.4. The van der Waals surface area contributed by atoms with E-state index in [4.69, 9.17) is 5.11 Å². The molecule has 222 valence electrons. The van der Waals surface area contributed by atoms with Crippen LogP contribution in [0.1, 0.15) is 57.7 Å². The molecule has 7 nitrogen and oxygen atoms in total. The predicted molar refractivity (Wildman–Crippen MR) is 165 cm³/mol. The summed E-state index contributed by atoms with van der Waals surface area (Å²) in [4.78, 5) is 11.1. The highest BCUT2D eigenvalue weighted by atomic mass is 32.2. The van der Waals surface area contributed by atoms with E-state index in [0.29, 0.717) is 6.42 Å². The molecule has 0 saturated heterocycles. The van der Waals surface area contributed by atoms with E-state index in [2.05, 4.69) is 64.2 Å². The normalized spacial score (nSPS) is 13.4. The minimum atomic E-state index is -3.85. The molecule has 0 aliphatic carbocycles. The minimum absolute atomic E-state index is 0.0293. The summed E-state index contributed by atoms with van der Waals surface area (Å²) in [6, 6.07) is 22.7. The second-order valence-corrected chi connectivity index (χ2v) is 14.5. The van der Waals surface area contributed by atoms with Crippen molar-refractivity contribution in [1.29, 1.82) is 0 Å². The van der Waals surface area contributed by atoms with Gasteiger partial charge in [-0.25, -0.2) is 8.42 Å². The number of aliphatic carboxylic acids is 1. The van der Waals surface area contributed by atoms with Crippen molar-refractivity contribution >= 4 is 16.0 Å². The fraction of sp³-hybridized carbons (Fsp3) is 0.424. The number of aliphatic hydroxyl groups is 1. The maximum atomic E-state index is 13.4. The van der Waals surface area contributed by atoms with Gasteiger partial charge < -0.3 is 15.5 Å². The van der Waals surface area contributed by atoms with Crippen molar-refractivity contribution in [3.8, 4) is 11.1 Å². The predicted octanol–water partition coefficient (Wildman–Crippen LogP) is 5.26. The highest BCUT2D eigenvalue weighted by Gasteiger charge is 2.25. The zero-order valence-corrected chi connectivity index (χ0v) is 25.8. The molecule has 3 rings (SSSR count). The summed E-state index contributed by atoms with van der Waals surface area (Å²) in [5.41, 5.74) is 4.67. The monoisotopic (exact) mass is 580 g/mol. The summed E-state index contributed by atoms with van der Waals surface area (Å²) < 4.78 is 27.9. The van der Waals surface area contributed by atoms with Crippen molar-refractivity contribution in [2.45, 2.75) is 75.8 Å². The quantitative estimate of drug-likeness (QED) is 0.255. The lowest BCUT2D eigenvalue weighted by Crippen LogP contribution is -2.47. The molecule has 0 bridgehead atoms. The van der Waals surface area contributed by atoms with Crippen molar-refractivity contribution in [1.82, 2.24) is 9.62 Å². The van der Waals surface area contributed by atoms with E-state index in [0.717, 1.165) is 23.1 Å². The molecule has 0 aliphatic rings. The average Bonchev–Trinajstić information content (AvgIpc) is 2.90. The van der Waals surface area contributed by atoms with E-state index in [1.165, 1.54) is 22.5 Å². The van der Waals surface area contributed by atoms with Crippen molar-refractivity contribution in [2.75, 3.05) is 20.1 Å². The Labute approximate surface area is 245 Å². The Bertz CT molecular complexity index is 1430. The van der Waals surface area contributed by atoms with Crippen LogP contribution in [0.2, 0.25) is 0 Å². The number of likely N-dealkylation sites (N-methyl/N-ethyl adjacent to an activating group) is 1. The van der Waals surface area contributed by atoms with Gasteiger partial charge in [0, 0.05) is 32.1 Å². The van der Waals surface area contributed by atoms with Crippen LogP contribution in [0.3, 0.4) is 0 Å². The maximum Gasteiger partial charge on any atom is 0.303 e. The molecule has 8 heteroatoms. The molecule has 0 saturated carbocycles. The smallest absolute Gasteiger partial charge is 0.303 e. The van der Waals surface area contributed by atoms with Gasteiger partial charge in [0.25, 0.3) is 0 Å². The Morgan fingerprint density at radius 1 is 0.902 bits per heavy atom. The minimum Gasteiger partial charge on any atom is -0.481 e. The van der Waals surface area contributed by atoms with Crippen molar-refractivity contribution in [3.05, 3.63) is 89.5 Å². The third-order valence-corrected chi connectivity index (χ3v) is 9.00. The maximum absolute atomic E-state index is 13.4. The number of sulfonamides is 1. The third-order valence-electron chi connectivity index (χ3n) is 7.18. The summed E-state index contributed by atoms with van der Waals surface area (Å²) in [6.07, 6.45) is 0.298. The van der Waals surface area contributed by atoms with Crippen LogP contribution >= 0.6 is 0 Å². The highest BCUT2D eigenvalue weighted by molar-refractivity contribution is 7.89. The fourth-order valence-corrected chi connectivity index (χ4v) is 5.98. The Morgan fingerprint density at radius 3 is 2.12 bits per heavy atom. The van der Waals surface area contributed by atoms with Crippen molar-refractivity contribution < 1.29 is 23.4 Å². The Hall–Kier alpha value is -3.04. The van der Waals surface area contributed by atoms with Crippen LogP contribution in [-0.2, 0) is 33.1 Å². The number of carboxylic acid groups (broad SMARTS) is 1. The topological polar surface area (TPSA) is 107 Å². The van der Waals surface area contributed by atoms with Crippen LogP contribution in [0.4, 0.5) is 0 Å². The summed E-state index contributed by atoms with van der Waals surface area (Å²) in [7, 11) is -2.37. The second kappa shape index (κ2) is 13.3. The molecule has 0 aromatic heterocycles. The molecule has 3 aromatic carbocycles. The number of rotatable bonds is 13. The number of β-amino-alcohol motifs (C(OH)–C–C–N with tert-alkyl or cyclic N) is 1. The molecule has 1 unspecified atom stereocenters. The third kappa shape index (κ3) is 9.50. The van der Waals surface area contributed by atoms with Crippen LogP contribution in [0.15, 0.2) is 77.7 Å². The molecule has 0 amide bonds. The van der Waals surface area contributed by atoms with E-state index in [9.17, 15) is 18.3 Å². The number of hydrogen-bond donors (Lipinski definition) is 3. The Kier molecular flexibility index (Phi) is 10.5. The number of aliphatic hydroxyl groups excluding tert-OH is 1. The number of hydrogen-bond acceptors (Lipinski definition) is 5. The van der Waals surface area contributed by atoms with Gasteiger partial charge in [-0.05, 0) is 72.1 Å². The number of nitrogens with one attached hydrogen (secondary N) is 1. The first-order chi connectivity index (χ1) is 19.1. The summed E-state index contributed by atoms with van der Waals surface area (Å²) in [6.45, 7) is 10.9. The Morgan fingerprint density at radius 2 is 1.51 bits per heavy atom. The van der Waals surface area contributed by atoms with E-state index in [1.807, 2.05) is 30.3 Å². The fourth-order valence-electron chi connectivity index (χ4n) is 4.72. The number of carbonyl (C=O) groups is 1. The molecule has 0 radical (unpaired) electrons. The second-order valence-electron chi connectivity index (χ2n) is 12.4. The van der Waals surface area contributed by atoms with Crippen molar-refractivity contribution in [3.63, 3.8) is 0 Å². The first kappa shape index (κ1) is 32.5. The standard InChI is InChI=1S/C33H44N2O5S/c1-32(2,3)28-16-13-25(14-17-28)21-33(4,5)34-22-29(36)23-35(6)41(39,40)30-12-8-11-27(20-30)26-10-7-9-24(19-26)15-18-31(37)38/h7-14,16-17,19-20,29,34,36H,15,18,21-23H2,1-6H3,(H,37,38). The van der Waals surface area contributed by atoms with Gasteiger partial charge >= 0.3 is 5.97 Å². The average molecular weight is 581 g/mol. The molecule has 1 atom stereocenters. The van der Waals surface area contributed by atoms with Gasteiger partial charge in [0.2, 0.25) is 10.0 Å². The number of carboxylic acids is 1. The van der Waals surface area contributed by atoms with E-state index >= 15 is 0 Å². The highest BCUT2D eigenvalue weighted by Crippen LogP contribution is 2.26. The summed E-state index contributed by atoms with van der Waals surface area (Å²) in [5, 5.41) is 23.1. The lowest BCUT2D eigenvalue weighted by molar-refractivity contribution is -0.136. The Balaban J connectivity index is 1.61.